The van der Waals surface area contributed by atoms with E-state index in [1.165, 1.54) is 21.2 Å². The maximum absolute atomic E-state index is 12.6. The molecule has 6 nitrogen and oxygen atoms in total. The van der Waals surface area contributed by atoms with Crippen LogP contribution >= 0.6 is 11.3 Å². The van der Waals surface area contributed by atoms with Crippen LogP contribution in [0.15, 0.2) is 29.2 Å². The van der Waals surface area contributed by atoms with Crippen LogP contribution in [-0.4, -0.2) is 36.8 Å². The fourth-order valence-electron chi connectivity index (χ4n) is 3.51. The number of rotatable bonds is 5. The molecule has 0 atom stereocenters. The van der Waals surface area contributed by atoms with Gasteiger partial charge in [-0.15, -0.1) is 11.3 Å². The predicted octanol–water partition coefficient (Wildman–Crippen LogP) is 3.35. The first kappa shape index (κ1) is 18.3. The van der Waals surface area contributed by atoms with Crippen molar-refractivity contribution in [2.24, 2.45) is 0 Å². The summed E-state index contributed by atoms with van der Waals surface area (Å²) in [4.78, 5) is 12.0. The first-order valence-corrected chi connectivity index (χ1v) is 11.2. The van der Waals surface area contributed by atoms with E-state index < -0.39 is 10.0 Å². The summed E-state index contributed by atoms with van der Waals surface area (Å²) >= 11 is 1.75. The Kier molecular flexibility index (Phi) is 4.65. The zero-order valence-corrected chi connectivity index (χ0v) is 17.2. The summed E-state index contributed by atoms with van der Waals surface area (Å²) in [7, 11) is -0.404. The Morgan fingerprint density at radius 2 is 1.96 bits per heavy atom. The molecule has 2 heterocycles. The Morgan fingerprint density at radius 1 is 1.19 bits per heavy atom. The Bertz CT molecular complexity index is 1120. The fraction of sp³-hybridized carbons (Fsp3) is 0.368. The molecule has 2 aromatic heterocycles. The van der Waals surface area contributed by atoms with Crippen molar-refractivity contribution in [1.82, 2.24) is 14.3 Å². The number of nitrogens with one attached hydrogen (secondary N) is 1. The summed E-state index contributed by atoms with van der Waals surface area (Å²) in [6, 6.07) is 7.09. The monoisotopic (exact) mass is 402 g/mol. The molecule has 0 amide bonds. The molecule has 0 saturated carbocycles. The Labute approximate surface area is 163 Å². The first-order chi connectivity index (χ1) is 12.9. The van der Waals surface area contributed by atoms with E-state index in [0.717, 1.165) is 40.3 Å². The van der Waals surface area contributed by atoms with Crippen molar-refractivity contribution in [2.75, 3.05) is 19.4 Å². The van der Waals surface area contributed by atoms with E-state index in [2.05, 4.69) is 15.3 Å². The molecule has 0 radical (unpaired) electrons. The van der Waals surface area contributed by atoms with Crippen LogP contribution in [0.2, 0.25) is 0 Å². The third-order valence-corrected chi connectivity index (χ3v) is 7.96. The summed E-state index contributed by atoms with van der Waals surface area (Å²) in [6.07, 6.45) is 3.34. The van der Waals surface area contributed by atoms with Crippen LogP contribution in [0.25, 0.3) is 10.2 Å². The van der Waals surface area contributed by atoms with Crippen LogP contribution in [-0.2, 0) is 29.4 Å². The molecule has 4 rings (SSSR count). The molecule has 1 aliphatic rings. The maximum atomic E-state index is 12.6. The van der Waals surface area contributed by atoms with E-state index in [4.69, 9.17) is 0 Å². The second kappa shape index (κ2) is 6.85. The van der Waals surface area contributed by atoms with Crippen LogP contribution < -0.4 is 5.32 Å². The molecule has 8 heteroatoms. The van der Waals surface area contributed by atoms with Crippen molar-refractivity contribution in [3.8, 4) is 0 Å². The molecule has 0 saturated heterocycles. The molecule has 1 aliphatic carbocycles. The minimum Gasteiger partial charge on any atom is -0.365 e. The standard InChI is InChI=1S/C19H22N4O2S2/c1-12-21-18(17-14-8-6-9-15(14)26-19(17)22-12)20-11-13-7-4-5-10-16(13)27(24,25)23(2)3/h4-5,7,10H,6,8-9,11H2,1-3H3,(H,20,21,22). The Balaban J connectivity index is 1.72. The predicted molar refractivity (Wildman–Crippen MR) is 109 cm³/mol. The lowest BCUT2D eigenvalue weighted by molar-refractivity contribution is 0.520. The van der Waals surface area contributed by atoms with E-state index in [9.17, 15) is 8.42 Å². The van der Waals surface area contributed by atoms with Gasteiger partial charge in [-0.3, -0.25) is 0 Å². The number of hydrogen-bond donors (Lipinski definition) is 1. The van der Waals surface area contributed by atoms with Gasteiger partial charge in [0.25, 0.3) is 0 Å². The number of benzene rings is 1. The molecular formula is C19H22N4O2S2. The number of aryl methyl sites for hydroxylation is 3. The number of aromatic nitrogens is 2. The Morgan fingerprint density at radius 3 is 2.74 bits per heavy atom. The molecule has 142 valence electrons. The van der Waals surface area contributed by atoms with Gasteiger partial charge in [-0.1, -0.05) is 18.2 Å². The zero-order chi connectivity index (χ0) is 19.2. The molecule has 0 spiro atoms. The number of sulfonamides is 1. The lowest BCUT2D eigenvalue weighted by Crippen LogP contribution is -2.23. The molecule has 0 unspecified atom stereocenters. The Hall–Kier alpha value is -2.03. The number of anilines is 1. The summed E-state index contributed by atoms with van der Waals surface area (Å²) in [5.41, 5.74) is 2.08. The van der Waals surface area contributed by atoms with Crippen molar-refractivity contribution in [3.63, 3.8) is 0 Å². The van der Waals surface area contributed by atoms with E-state index in [1.54, 1.807) is 37.6 Å². The van der Waals surface area contributed by atoms with Gasteiger partial charge in [0.05, 0.1) is 10.3 Å². The van der Waals surface area contributed by atoms with Gasteiger partial charge < -0.3 is 5.32 Å². The molecule has 3 aromatic rings. The molecule has 1 N–H and O–H groups in total. The number of hydrogen-bond acceptors (Lipinski definition) is 6. The van der Waals surface area contributed by atoms with Crippen molar-refractivity contribution in [1.29, 1.82) is 0 Å². The summed E-state index contributed by atoms with van der Waals surface area (Å²) in [6.45, 7) is 2.28. The van der Waals surface area contributed by atoms with Gasteiger partial charge in [0.1, 0.15) is 16.5 Å². The molecule has 0 fully saturated rings. The third-order valence-electron chi connectivity index (χ3n) is 4.85. The smallest absolute Gasteiger partial charge is 0.242 e. The SMILES string of the molecule is Cc1nc(NCc2ccccc2S(=O)(=O)N(C)C)c2c3c(sc2n1)CCC3. The largest absolute Gasteiger partial charge is 0.365 e. The van der Waals surface area contributed by atoms with Gasteiger partial charge in [-0.25, -0.2) is 22.7 Å². The highest BCUT2D eigenvalue weighted by Gasteiger charge is 2.23. The second-order valence-electron chi connectivity index (χ2n) is 6.91. The van der Waals surface area contributed by atoms with Crippen LogP contribution in [0.1, 0.15) is 28.2 Å². The second-order valence-corrected chi connectivity index (χ2v) is 10.1. The van der Waals surface area contributed by atoms with E-state index in [0.29, 0.717) is 11.4 Å². The lowest BCUT2D eigenvalue weighted by Gasteiger charge is -2.16. The van der Waals surface area contributed by atoms with Crippen molar-refractivity contribution in [2.45, 2.75) is 37.6 Å². The van der Waals surface area contributed by atoms with Gasteiger partial charge in [0.2, 0.25) is 10.0 Å². The van der Waals surface area contributed by atoms with Crippen molar-refractivity contribution >= 4 is 37.4 Å². The highest BCUT2D eigenvalue weighted by molar-refractivity contribution is 7.89. The van der Waals surface area contributed by atoms with Crippen LogP contribution in [0.5, 0.6) is 0 Å². The van der Waals surface area contributed by atoms with Gasteiger partial charge in [0, 0.05) is 25.5 Å². The molecule has 0 aliphatic heterocycles. The number of fused-ring (bicyclic) bond motifs is 3. The van der Waals surface area contributed by atoms with Crippen molar-refractivity contribution in [3.05, 3.63) is 46.1 Å². The molecular weight excluding hydrogens is 380 g/mol. The van der Waals surface area contributed by atoms with Crippen LogP contribution in [0.3, 0.4) is 0 Å². The first-order valence-electron chi connectivity index (χ1n) is 8.91. The summed E-state index contributed by atoms with van der Waals surface area (Å²) in [5.74, 6) is 1.52. The molecule has 27 heavy (non-hydrogen) atoms. The minimum absolute atomic E-state index is 0.320. The topological polar surface area (TPSA) is 75.2 Å². The minimum atomic E-state index is -3.50. The zero-order valence-electron chi connectivity index (χ0n) is 15.6. The van der Waals surface area contributed by atoms with E-state index in [-0.39, 0.29) is 0 Å². The van der Waals surface area contributed by atoms with Crippen LogP contribution in [0, 0.1) is 6.92 Å². The quantitative estimate of drug-likeness (QED) is 0.708. The van der Waals surface area contributed by atoms with Gasteiger partial charge in [-0.05, 0) is 43.4 Å². The highest BCUT2D eigenvalue weighted by Crippen LogP contribution is 2.39. The summed E-state index contributed by atoms with van der Waals surface area (Å²) < 4.78 is 26.5. The van der Waals surface area contributed by atoms with E-state index >= 15 is 0 Å². The normalized spacial score (nSPS) is 14.1. The van der Waals surface area contributed by atoms with E-state index in [1.807, 2.05) is 19.1 Å². The number of thiophene rings is 1. The van der Waals surface area contributed by atoms with Gasteiger partial charge in [-0.2, -0.15) is 0 Å². The maximum Gasteiger partial charge on any atom is 0.242 e. The van der Waals surface area contributed by atoms with Crippen molar-refractivity contribution < 1.29 is 8.42 Å². The molecule has 0 bridgehead atoms. The highest BCUT2D eigenvalue weighted by atomic mass is 32.2. The van der Waals surface area contributed by atoms with Gasteiger partial charge in [0.15, 0.2) is 0 Å². The average molecular weight is 403 g/mol. The fourth-order valence-corrected chi connectivity index (χ4v) is 5.93. The van der Waals surface area contributed by atoms with Crippen LogP contribution in [0.4, 0.5) is 5.82 Å². The number of nitrogens with zero attached hydrogens (tertiary/aromatic N) is 3. The third kappa shape index (κ3) is 3.22. The molecule has 1 aromatic carbocycles. The lowest BCUT2D eigenvalue weighted by atomic mass is 10.1. The summed E-state index contributed by atoms with van der Waals surface area (Å²) in [5, 5.41) is 4.49. The van der Waals surface area contributed by atoms with Gasteiger partial charge >= 0.3 is 0 Å². The average Bonchev–Trinajstić information content (AvgIpc) is 3.20.